The highest BCUT2D eigenvalue weighted by Crippen LogP contribution is 2.23. The average molecular weight is 253 g/mol. The third-order valence-electron chi connectivity index (χ3n) is 3.04. The molecule has 0 radical (unpaired) electrons. The normalized spacial score (nSPS) is 12.5. The number of hydrogen-bond donors (Lipinski definition) is 2. The van der Waals surface area contributed by atoms with E-state index in [0.29, 0.717) is 6.01 Å². The van der Waals surface area contributed by atoms with Crippen LogP contribution in [0.4, 0.5) is 11.7 Å². The van der Waals surface area contributed by atoms with Gasteiger partial charge in [-0.25, -0.2) is 0 Å². The SMILES string of the molecule is CC(Nc1nc2ccccc2o1)c1cccc(N)c1. The molecule has 0 aliphatic heterocycles. The zero-order chi connectivity index (χ0) is 13.2. The van der Waals surface area contributed by atoms with Crippen molar-refractivity contribution in [2.75, 3.05) is 11.1 Å². The largest absolute Gasteiger partial charge is 0.424 e. The number of benzene rings is 2. The van der Waals surface area contributed by atoms with E-state index in [4.69, 9.17) is 10.2 Å². The van der Waals surface area contributed by atoms with Crippen LogP contribution in [0, 0.1) is 0 Å². The van der Waals surface area contributed by atoms with Gasteiger partial charge < -0.3 is 15.5 Å². The second-order valence-electron chi connectivity index (χ2n) is 4.52. The topological polar surface area (TPSA) is 64.1 Å². The fourth-order valence-electron chi connectivity index (χ4n) is 2.03. The van der Waals surface area contributed by atoms with Gasteiger partial charge in [0, 0.05) is 5.69 Å². The van der Waals surface area contributed by atoms with E-state index in [-0.39, 0.29) is 6.04 Å². The van der Waals surface area contributed by atoms with Crippen LogP contribution in [-0.2, 0) is 0 Å². The monoisotopic (exact) mass is 253 g/mol. The molecule has 1 aromatic heterocycles. The molecule has 1 atom stereocenters. The van der Waals surface area contributed by atoms with Crippen LogP contribution in [0.3, 0.4) is 0 Å². The summed E-state index contributed by atoms with van der Waals surface area (Å²) in [4.78, 5) is 4.39. The van der Waals surface area contributed by atoms with Crippen molar-refractivity contribution in [3.8, 4) is 0 Å². The molecule has 0 bridgehead atoms. The number of anilines is 2. The molecule has 0 saturated carbocycles. The second kappa shape index (κ2) is 4.65. The number of rotatable bonds is 3. The minimum atomic E-state index is 0.0802. The Morgan fingerprint density at radius 1 is 1.16 bits per heavy atom. The lowest BCUT2D eigenvalue weighted by Crippen LogP contribution is -2.07. The summed E-state index contributed by atoms with van der Waals surface area (Å²) in [5, 5.41) is 3.24. The maximum absolute atomic E-state index is 5.78. The Kier molecular flexibility index (Phi) is 2.83. The minimum Gasteiger partial charge on any atom is -0.424 e. The first-order valence-corrected chi connectivity index (χ1v) is 6.20. The van der Waals surface area contributed by atoms with E-state index in [1.807, 2.05) is 55.5 Å². The van der Waals surface area contributed by atoms with Crippen LogP contribution >= 0.6 is 0 Å². The zero-order valence-corrected chi connectivity index (χ0v) is 10.6. The summed E-state index contributed by atoms with van der Waals surface area (Å²) < 4.78 is 5.64. The molecule has 3 rings (SSSR count). The predicted octanol–water partition coefficient (Wildman–Crippen LogP) is 3.58. The number of hydrogen-bond acceptors (Lipinski definition) is 4. The number of aromatic nitrogens is 1. The molecular formula is C15H15N3O. The summed E-state index contributed by atoms with van der Waals surface area (Å²) in [5.41, 5.74) is 9.27. The molecule has 0 saturated heterocycles. The van der Waals surface area contributed by atoms with Crippen LogP contribution in [0.2, 0.25) is 0 Å². The van der Waals surface area contributed by atoms with E-state index >= 15 is 0 Å². The predicted molar refractivity (Wildman–Crippen MR) is 76.9 cm³/mol. The van der Waals surface area contributed by atoms with Crippen molar-refractivity contribution in [2.24, 2.45) is 0 Å². The Labute approximate surface area is 111 Å². The first kappa shape index (κ1) is 11.6. The van der Waals surface area contributed by atoms with Gasteiger partial charge >= 0.3 is 0 Å². The van der Waals surface area contributed by atoms with Gasteiger partial charge in [-0.05, 0) is 36.8 Å². The van der Waals surface area contributed by atoms with Crippen LogP contribution in [-0.4, -0.2) is 4.98 Å². The lowest BCUT2D eigenvalue weighted by atomic mass is 10.1. The zero-order valence-electron chi connectivity index (χ0n) is 10.6. The molecule has 4 nitrogen and oxygen atoms in total. The molecule has 1 heterocycles. The van der Waals surface area contributed by atoms with E-state index in [1.165, 1.54) is 0 Å². The Morgan fingerprint density at radius 3 is 2.79 bits per heavy atom. The smallest absolute Gasteiger partial charge is 0.296 e. The highest BCUT2D eigenvalue weighted by atomic mass is 16.4. The van der Waals surface area contributed by atoms with Crippen molar-refractivity contribution >= 4 is 22.8 Å². The van der Waals surface area contributed by atoms with E-state index in [1.54, 1.807) is 0 Å². The van der Waals surface area contributed by atoms with Gasteiger partial charge in [0.15, 0.2) is 5.58 Å². The van der Waals surface area contributed by atoms with Gasteiger partial charge in [0.2, 0.25) is 0 Å². The summed E-state index contributed by atoms with van der Waals surface area (Å²) >= 11 is 0. The van der Waals surface area contributed by atoms with Crippen LogP contribution in [0.1, 0.15) is 18.5 Å². The molecule has 96 valence electrons. The van der Waals surface area contributed by atoms with Crippen molar-refractivity contribution in [3.05, 3.63) is 54.1 Å². The average Bonchev–Trinajstić information content (AvgIpc) is 2.80. The third kappa shape index (κ3) is 2.38. The van der Waals surface area contributed by atoms with Crippen LogP contribution < -0.4 is 11.1 Å². The lowest BCUT2D eigenvalue weighted by molar-refractivity contribution is 0.604. The molecule has 0 aliphatic rings. The van der Waals surface area contributed by atoms with Crippen LogP contribution in [0.5, 0.6) is 0 Å². The van der Waals surface area contributed by atoms with Crippen molar-refractivity contribution in [1.29, 1.82) is 0 Å². The Hall–Kier alpha value is -2.49. The number of nitrogens with zero attached hydrogens (tertiary/aromatic N) is 1. The van der Waals surface area contributed by atoms with Gasteiger partial charge in [-0.1, -0.05) is 24.3 Å². The highest BCUT2D eigenvalue weighted by molar-refractivity contribution is 5.74. The fraction of sp³-hybridized carbons (Fsp3) is 0.133. The lowest BCUT2D eigenvalue weighted by Gasteiger charge is -2.12. The number of nitrogens with one attached hydrogen (secondary N) is 1. The second-order valence-corrected chi connectivity index (χ2v) is 4.52. The van der Waals surface area contributed by atoms with E-state index in [9.17, 15) is 0 Å². The molecule has 0 aliphatic carbocycles. The minimum absolute atomic E-state index is 0.0802. The van der Waals surface area contributed by atoms with E-state index in [0.717, 1.165) is 22.4 Å². The van der Waals surface area contributed by atoms with E-state index in [2.05, 4.69) is 10.3 Å². The summed E-state index contributed by atoms with van der Waals surface area (Å²) in [6.45, 7) is 2.05. The first-order chi connectivity index (χ1) is 9.22. The summed E-state index contributed by atoms with van der Waals surface area (Å²) in [6, 6.07) is 16.1. The highest BCUT2D eigenvalue weighted by Gasteiger charge is 2.10. The van der Waals surface area contributed by atoms with Gasteiger partial charge in [0.25, 0.3) is 6.01 Å². The van der Waals surface area contributed by atoms with Gasteiger partial charge in [0.05, 0.1) is 6.04 Å². The molecule has 3 N–H and O–H groups in total. The first-order valence-electron chi connectivity index (χ1n) is 6.20. The number of nitrogens with two attached hydrogens (primary N) is 1. The molecule has 2 aromatic carbocycles. The maximum atomic E-state index is 5.78. The van der Waals surface area contributed by atoms with Crippen LogP contribution in [0.15, 0.2) is 52.9 Å². The molecule has 3 aromatic rings. The van der Waals surface area contributed by atoms with Crippen molar-refractivity contribution in [2.45, 2.75) is 13.0 Å². The summed E-state index contributed by atoms with van der Waals surface area (Å²) in [6.07, 6.45) is 0. The molecule has 0 fully saturated rings. The number of para-hydroxylation sites is 2. The molecule has 19 heavy (non-hydrogen) atoms. The molecule has 0 spiro atoms. The number of oxazole rings is 1. The Balaban J connectivity index is 1.84. The molecular weight excluding hydrogens is 238 g/mol. The number of fused-ring (bicyclic) bond motifs is 1. The van der Waals surface area contributed by atoms with Crippen molar-refractivity contribution in [3.63, 3.8) is 0 Å². The van der Waals surface area contributed by atoms with Gasteiger partial charge in [-0.2, -0.15) is 4.98 Å². The molecule has 4 heteroatoms. The van der Waals surface area contributed by atoms with Gasteiger partial charge in [0.1, 0.15) is 5.52 Å². The standard InChI is InChI=1S/C15H15N3O/c1-10(11-5-4-6-12(16)9-11)17-15-18-13-7-2-3-8-14(13)19-15/h2-10H,16H2,1H3,(H,17,18). The number of nitrogen functional groups attached to an aromatic ring is 1. The van der Waals surface area contributed by atoms with Crippen molar-refractivity contribution < 1.29 is 4.42 Å². The molecule has 1 unspecified atom stereocenters. The summed E-state index contributed by atoms with van der Waals surface area (Å²) in [5.74, 6) is 0. The fourth-order valence-corrected chi connectivity index (χ4v) is 2.03. The Bertz CT molecular complexity index is 672. The maximum Gasteiger partial charge on any atom is 0.296 e. The third-order valence-corrected chi connectivity index (χ3v) is 3.04. The Morgan fingerprint density at radius 2 is 2.00 bits per heavy atom. The van der Waals surface area contributed by atoms with Crippen molar-refractivity contribution in [1.82, 2.24) is 4.98 Å². The van der Waals surface area contributed by atoms with E-state index < -0.39 is 0 Å². The molecule has 0 amide bonds. The van der Waals surface area contributed by atoms with Crippen LogP contribution in [0.25, 0.3) is 11.1 Å². The van der Waals surface area contributed by atoms with Gasteiger partial charge in [-0.3, -0.25) is 0 Å². The quantitative estimate of drug-likeness (QED) is 0.700. The summed E-state index contributed by atoms with van der Waals surface area (Å²) in [7, 11) is 0. The van der Waals surface area contributed by atoms with Gasteiger partial charge in [-0.15, -0.1) is 0 Å².